The van der Waals surface area contributed by atoms with Crippen molar-refractivity contribution in [1.82, 2.24) is 10.2 Å². The third kappa shape index (κ3) is 6.17. The van der Waals surface area contributed by atoms with Crippen molar-refractivity contribution in [2.24, 2.45) is 17.6 Å². The molecule has 2 rings (SSSR count). The van der Waals surface area contributed by atoms with Crippen LogP contribution in [-0.2, 0) is 4.79 Å². The number of amides is 1. The summed E-state index contributed by atoms with van der Waals surface area (Å²) < 4.78 is 0. The normalized spacial score (nSPS) is 30.2. The molecule has 3 unspecified atom stereocenters. The molecule has 0 aromatic heterocycles. The van der Waals surface area contributed by atoms with Gasteiger partial charge in [-0.3, -0.25) is 4.79 Å². The molecule has 0 radical (unpaired) electrons. The highest BCUT2D eigenvalue weighted by molar-refractivity contribution is 5.85. The molecule has 0 aromatic rings. The van der Waals surface area contributed by atoms with E-state index >= 15 is 0 Å². The van der Waals surface area contributed by atoms with E-state index in [0.29, 0.717) is 18.3 Å². The van der Waals surface area contributed by atoms with Crippen LogP contribution in [0.5, 0.6) is 0 Å². The summed E-state index contributed by atoms with van der Waals surface area (Å²) >= 11 is 0. The van der Waals surface area contributed by atoms with Gasteiger partial charge in [0.05, 0.1) is 0 Å². The van der Waals surface area contributed by atoms with Gasteiger partial charge in [0.1, 0.15) is 0 Å². The molecule has 1 aliphatic heterocycles. The Morgan fingerprint density at radius 1 is 1.25 bits per heavy atom. The van der Waals surface area contributed by atoms with Crippen molar-refractivity contribution in [3.63, 3.8) is 0 Å². The van der Waals surface area contributed by atoms with Crippen LogP contribution in [-0.4, -0.2) is 43.5 Å². The molecule has 1 heterocycles. The van der Waals surface area contributed by atoms with Gasteiger partial charge in [-0.2, -0.15) is 0 Å². The van der Waals surface area contributed by atoms with E-state index in [-0.39, 0.29) is 36.8 Å². The second-order valence-electron chi connectivity index (χ2n) is 6.13. The fourth-order valence-electron chi connectivity index (χ4n) is 3.25. The van der Waals surface area contributed by atoms with Crippen LogP contribution in [0.4, 0.5) is 0 Å². The Hall–Kier alpha value is -0.0300. The van der Waals surface area contributed by atoms with E-state index in [1.165, 1.54) is 19.3 Å². The minimum atomic E-state index is 0. The summed E-state index contributed by atoms with van der Waals surface area (Å²) in [5, 5.41) is 3.09. The first kappa shape index (κ1) is 20.0. The molecule has 1 amide bonds. The first-order valence-electron chi connectivity index (χ1n) is 7.36. The highest BCUT2D eigenvalue weighted by Gasteiger charge is 2.25. The number of nitrogens with one attached hydrogen (secondary N) is 1. The van der Waals surface area contributed by atoms with E-state index in [9.17, 15) is 4.79 Å². The van der Waals surface area contributed by atoms with Crippen LogP contribution in [0.15, 0.2) is 0 Å². The van der Waals surface area contributed by atoms with Crippen molar-refractivity contribution in [3.05, 3.63) is 0 Å². The second-order valence-corrected chi connectivity index (χ2v) is 6.13. The number of nitrogens with zero attached hydrogens (tertiary/aromatic N) is 1. The zero-order valence-electron chi connectivity index (χ0n) is 12.3. The number of carbonyl (C=O) groups is 1. The summed E-state index contributed by atoms with van der Waals surface area (Å²) in [6, 6.07) is 0.238. The quantitative estimate of drug-likeness (QED) is 0.828. The van der Waals surface area contributed by atoms with Gasteiger partial charge in [0.15, 0.2) is 0 Å². The monoisotopic (exact) mass is 325 g/mol. The standard InChI is InChI=1S/C14H27N3O.2ClH/c1-17-7-6-11(10-17)9-16-14(18)8-12-4-2-3-5-13(12)15;;/h11-13H,2-10,15H2,1H3,(H,16,18);2*1H. The smallest absolute Gasteiger partial charge is 0.220 e. The Bertz CT molecular complexity index is 292. The van der Waals surface area contributed by atoms with E-state index in [2.05, 4.69) is 17.3 Å². The minimum absolute atomic E-state index is 0. The molecule has 2 fully saturated rings. The number of carbonyl (C=O) groups excluding carboxylic acids is 1. The van der Waals surface area contributed by atoms with Gasteiger partial charge in [0, 0.05) is 25.6 Å². The topological polar surface area (TPSA) is 58.4 Å². The van der Waals surface area contributed by atoms with Crippen molar-refractivity contribution >= 4 is 30.7 Å². The molecule has 3 N–H and O–H groups in total. The Kier molecular flexibility index (Phi) is 9.81. The maximum absolute atomic E-state index is 11.9. The molecule has 3 atom stereocenters. The average molecular weight is 326 g/mol. The van der Waals surface area contributed by atoms with E-state index in [4.69, 9.17) is 5.73 Å². The Morgan fingerprint density at radius 3 is 2.55 bits per heavy atom. The lowest BCUT2D eigenvalue weighted by Gasteiger charge is -2.28. The number of nitrogens with two attached hydrogens (primary N) is 1. The molecular formula is C14H29Cl2N3O. The molecule has 1 aliphatic carbocycles. The molecule has 120 valence electrons. The van der Waals surface area contributed by atoms with Crippen molar-refractivity contribution < 1.29 is 4.79 Å². The van der Waals surface area contributed by atoms with E-state index in [1.807, 2.05) is 0 Å². The first-order chi connectivity index (χ1) is 8.65. The molecule has 2 aliphatic rings. The molecule has 1 saturated carbocycles. The molecule has 0 bridgehead atoms. The molecular weight excluding hydrogens is 297 g/mol. The number of halogens is 2. The van der Waals surface area contributed by atoms with Crippen LogP contribution >= 0.6 is 24.8 Å². The summed E-state index contributed by atoms with van der Waals surface area (Å²) in [5.41, 5.74) is 6.08. The maximum Gasteiger partial charge on any atom is 0.220 e. The highest BCUT2D eigenvalue weighted by atomic mass is 35.5. The maximum atomic E-state index is 11.9. The van der Waals surface area contributed by atoms with Crippen molar-refractivity contribution in [3.8, 4) is 0 Å². The van der Waals surface area contributed by atoms with Gasteiger partial charge >= 0.3 is 0 Å². The zero-order chi connectivity index (χ0) is 13.0. The van der Waals surface area contributed by atoms with Crippen LogP contribution in [0, 0.1) is 11.8 Å². The Morgan fingerprint density at radius 2 is 1.95 bits per heavy atom. The summed E-state index contributed by atoms with van der Waals surface area (Å²) in [7, 11) is 2.14. The summed E-state index contributed by atoms with van der Waals surface area (Å²) in [4.78, 5) is 14.2. The Labute approximate surface area is 135 Å². The first-order valence-corrected chi connectivity index (χ1v) is 7.36. The molecule has 4 nitrogen and oxygen atoms in total. The van der Waals surface area contributed by atoms with Crippen molar-refractivity contribution in [1.29, 1.82) is 0 Å². The van der Waals surface area contributed by atoms with Gasteiger partial charge in [0.25, 0.3) is 0 Å². The Balaban J connectivity index is 0.00000180. The molecule has 6 heteroatoms. The lowest BCUT2D eigenvalue weighted by atomic mass is 9.83. The molecule has 1 saturated heterocycles. The van der Waals surface area contributed by atoms with Crippen LogP contribution in [0.1, 0.15) is 38.5 Å². The van der Waals surface area contributed by atoms with Crippen molar-refractivity contribution in [2.45, 2.75) is 44.6 Å². The second kappa shape index (κ2) is 9.82. The van der Waals surface area contributed by atoms with Crippen LogP contribution < -0.4 is 11.1 Å². The summed E-state index contributed by atoms with van der Waals surface area (Å²) in [6.07, 6.45) is 6.52. The third-order valence-corrected chi connectivity index (χ3v) is 4.49. The van der Waals surface area contributed by atoms with Gasteiger partial charge in [-0.15, -0.1) is 24.8 Å². The summed E-state index contributed by atoms with van der Waals surface area (Å²) in [5.74, 6) is 1.25. The summed E-state index contributed by atoms with van der Waals surface area (Å²) in [6.45, 7) is 3.11. The van der Waals surface area contributed by atoms with E-state index < -0.39 is 0 Å². The minimum Gasteiger partial charge on any atom is -0.356 e. The number of likely N-dealkylation sites (tertiary alicyclic amines) is 1. The van der Waals surface area contributed by atoms with Gasteiger partial charge < -0.3 is 16.0 Å². The largest absolute Gasteiger partial charge is 0.356 e. The third-order valence-electron chi connectivity index (χ3n) is 4.49. The molecule has 0 aromatic carbocycles. The van der Waals surface area contributed by atoms with E-state index in [0.717, 1.165) is 32.5 Å². The number of rotatable bonds is 4. The number of hydrogen-bond donors (Lipinski definition) is 2. The van der Waals surface area contributed by atoms with E-state index in [1.54, 1.807) is 0 Å². The van der Waals surface area contributed by atoms with Gasteiger partial charge in [0.2, 0.25) is 5.91 Å². The SMILES string of the molecule is CN1CCC(CNC(=O)CC2CCCCC2N)C1.Cl.Cl. The van der Waals surface area contributed by atoms with Crippen LogP contribution in [0.25, 0.3) is 0 Å². The molecule has 20 heavy (non-hydrogen) atoms. The van der Waals surface area contributed by atoms with Crippen LogP contribution in [0.2, 0.25) is 0 Å². The van der Waals surface area contributed by atoms with Gasteiger partial charge in [-0.25, -0.2) is 0 Å². The predicted octanol–water partition coefficient (Wildman–Crippen LogP) is 1.81. The molecule has 0 spiro atoms. The zero-order valence-corrected chi connectivity index (χ0v) is 14.0. The highest BCUT2D eigenvalue weighted by Crippen LogP contribution is 2.25. The fourth-order valence-corrected chi connectivity index (χ4v) is 3.25. The lowest BCUT2D eigenvalue weighted by Crippen LogP contribution is -2.38. The average Bonchev–Trinajstić information content (AvgIpc) is 2.76. The van der Waals surface area contributed by atoms with Gasteiger partial charge in [-0.1, -0.05) is 12.8 Å². The van der Waals surface area contributed by atoms with Crippen molar-refractivity contribution in [2.75, 3.05) is 26.7 Å². The number of hydrogen-bond acceptors (Lipinski definition) is 3. The van der Waals surface area contributed by atoms with Crippen LogP contribution in [0.3, 0.4) is 0 Å². The predicted molar refractivity (Wildman–Crippen MR) is 87.7 cm³/mol. The fraction of sp³-hybridized carbons (Fsp3) is 0.929. The lowest BCUT2D eigenvalue weighted by molar-refractivity contribution is -0.122. The van der Waals surface area contributed by atoms with Gasteiger partial charge in [-0.05, 0) is 44.7 Å².